The van der Waals surface area contributed by atoms with Crippen molar-refractivity contribution in [3.05, 3.63) is 40.6 Å². The Morgan fingerprint density at radius 2 is 2.22 bits per heavy atom. The van der Waals surface area contributed by atoms with Crippen molar-refractivity contribution in [2.24, 2.45) is 0 Å². The van der Waals surface area contributed by atoms with Gasteiger partial charge in [-0.2, -0.15) is 9.40 Å². The van der Waals surface area contributed by atoms with Crippen LogP contribution in [0.5, 0.6) is 0 Å². The van der Waals surface area contributed by atoms with Crippen molar-refractivity contribution in [3.8, 4) is 0 Å². The third-order valence-corrected chi connectivity index (χ3v) is 4.96. The van der Waals surface area contributed by atoms with Crippen LogP contribution in [0, 0.1) is 0 Å². The maximum absolute atomic E-state index is 11.9. The van der Waals surface area contributed by atoms with Crippen molar-refractivity contribution < 1.29 is 17.6 Å². The molecule has 2 aromatic heterocycles. The predicted octanol–water partition coefficient (Wildman–Crippen LogP) is 0.835. The molecule has 10 heteroatoms. The Bertz CT molecular complexity index is 842. The molecule has 0 spiro atoms. The van der Waals surface area contributed by atoms with Gasteiger partial charge in [-0.05, 0) is 29.8 Å². The van der Waals surface area contributed by atoms with E-state index in [1.807, 2.05) is 0 Å². The van der Waals surface area contributed by atoms with Gasteiger partial charge in [0.2, 0.25) is 10.0 Å². The Kier molecular flexibility index (Phi) is 4.17. The Morgan fingerprint density at radius 3 is 2.87 bits per heavy atom. The highest BCUT2D eigenvalue weighted by Gasteiger charge is 2.24. The number of fused-ring (bicyclic) bond motifs is 1. The number of amides is 1. The van der Waals surface area contributed by atoms with Crippen LogP contribution < -0.4 is 5.32 Å². The minimum Gasteiger partial charge on any atom is -0.440 e. The second-order valence-electron chi connectivity index (χ2n) is 5.23. The average Bonchev–Trinajstić information content (AvgIpc) is 3.08. The first kappa shape index (κ1) is 16.0. The van der Waals surface area contributed by atoms with Gasteiger partial charge in [0, 0.05) is 6.54 Å². The number of carbonyl (C=O) groups excluding carboxylic acids is 1. The highest BCUT2D eigenvalue weighted by atomic mass is 35.5. The number of rotatable bonds is 4. The third kappa shape index (κ3) is 3.57. The molecule has 2 aromatic rings. The zero-order chi connectivity index (χ0) is 16.6. The predicted molar refractivity (Wildman–Crippen MR) is 82.4 cm³/mol. The number of carbonyl (C=O) groups is 1. The lowest BCUT2D eigenvalue weighted by atomic mass is 10.3. The number of nitrogens with zero attached hydrogens (tertiary/aromatic N) is 3. The lowest BCUT2D eigenvalue weighted by Crippen LogP contribution is -2.37. The summed E-state index contributed by atoms with van der Waals surface area (Å²) in [7, 11) is -3.22. The topological polar surface area (TPSA) is 97.4 Å². The Labute approximate surface area is 138 Å². The Balaban J connectivity index is 1.65. The SMILES string of the molecule is CS(=O)(=O)N1CCn2nc(CNC(=O)c3ccc(Cl)o3)cc2C1. The number of sulfonamides is 1. The molecule has 0 fully saturated rings. The van der Waals surface area contributed by atoms with Gasteiger partial charge in [-0.15, -0.1) is 0 Å². The Hall–Kier alpha value is -1.84. The standard InChI is InChI=1S/C13H15ClN4O4S/c1-23(20,21)17-4-5-18-10(8-17)6-9(16-18)7-15-13(19)11-2-3-12(14)22-11/h2-3,6H,4-5,7-8H2,1H3,(H,15,19). The lowest BCUT2D eigenvalue weighted by molar-refractivity contribution is 0.0922. The largest absolute Gasteiger partial charge is 0.440 e. The van der Waals surface area contributed by atoms with Crippen LogP contribution in [0.15, 0.2) is 22.6 Å². The van der Waals surface area contributed by atoms with E-state index in [4.69, 9.17) is 16.0 Å². The van der Waals surface area contributed by atoms with Gasteiger partial charge in [0.15, 0.2) is 11.0 Å². The summed E-state index contributed by atoms with van der Waals surface area (Å²) in [6, 6.07) is 4.76. The van der Waals surface area contributed by atoms with Crippen LogP contribution in [0.1, 0.15) is 21.9 Å². The van der Waals surface area contributed by atoms with E-state index in [0.29, 0.717) is 18.8 Å². The van der Waals surface area contributed by atoms with Gasteiger partial charge in [-0.1, -0.05) is 0 Å². The van der Waals surface area contributed by atoms with Crippen LogP contribution in [0.25, 0.3) is 0 Å². The fraction of sp³-hybridized carbons (Fsp3) is 0.385. The van der Waals surface area contributed by atoms with Crippen molar-refractivity contribution >= 4 is 27.5 Å². The molecule has 3 rings (SSSR count). The van der Waals surface area contributed by atoms with E-state index in [-0.39, 0.29) is 30.0 Å². The molecule has 3 heterocycles. The molecule has 0 radical (unpaired) electrons. The zero-order valence-corrected chi connectivity index (χ0v) is 13.9. The third-order valence-electron chi connectivity index (χ3n) is 3.51. The fourth-order valence-corrected chi connectivity index (χ4v) is 3.29. The van der Waals surface area contributed by atoms with Crippen molar-refractivity contribution in [3.63, 3.8) is 0 Å². The molecule has 124 valence electrons. The normalized spacial score (nSPS) is 15.4. The molecule has 0 saturated heterocycles. The first-order chi connectivity index (χ1) is 10.8. The second-order valence-corrected chi connectivity index (χ2v) is 7.59. The number of hydrogen-bond acceptors (Lipinski definition) is 5. The molecular weight excluding hydrogens is 344 g/mol. The van der Waals surface area contributed by atoms with Gasteiger partial charge in [0.25, 0.3) is 5.91 Å². The van der Waals surface area contributed by atoms with Crippen molar-refractivity contribution in [2.45, 2.75) is 19.6 Å². The summed E-state index contributed by atoms with van der Waals surface area (Å²) in [4.78, 5) is 11.9. The molecule has 8 nitrogen and oxygen atoms in total. The number of halogens is 1. The lowest BCUT2D eigenvalue weighted by Gasteiger charge is -2.25. The van der Waals surface area contributed by atoms with E-state index in [1.54, 1.807) is 10.7 Å². The summed E-state index contributed by atoms with van der Waals surface area (Å²) in [5.41, 5.74) is 1.45. The van der Waals surface area contributed by atoms with E-state index in [1.165, 1.54) is 22.7 Å². The molecule has 1 N–H and O–H groups in total. The summed E-state index contributed by atoms with van der Waals surface area (Å²) in [6.45, 7) is 1.39. The summed E-state index contributed by atoms with van der Waals surface area (Å²) in [6.07, 6.45) is 1.19. The minimum absolute atomic E-state index is 0.127. The minimum atomic E-state index is -3.22. The zero-order valence-electron chi connectivity index (χ0n) is 12.3. The van der Waals surface area contributed by atoms with Crippen LogP contribution in [0.4, 0.5) is 0 Å². The highest BCUT2D eigenvalue weighted by molar-refractivity contribution is 7.88. The summed E-state index contributed by atoms with van der Waals surface area (Å²) in [5, 5.41) is 7.19. The number of nitrogens with one attached hydrogen (secondary N) is 1. The van der Waals surface area contributed by atoms with Crippen LogP contribution in [-0.4, -0.2) is 41.2 Å². The first-order valence-electron chi connectivity index (χ1n) is 6.87. The van der Waals surface area contributed by atoms with Gasteiger partial charge in [-0.3, -0.25) is 9.48 Å². The molecule has 0 aliphatic carbocycles. The molecule has 0 unspecified atom stereocenters. The molecule has 0 atom stereocenters. The van der Waals surface area contributed by atoms with Crippen molar-refractivity contribution in [1.82, 2.24) is 19.4 Å². The molecule has 23 heavy (non-hydrogen) atoms. The highest BCUT2D eigenvalue weighted by Crippen LogP contribution is 2.16. The number of aromatic nitrogens is 2. The maximum atomic E-state index is 11.9. The van der Waals surface area contributed by atoms with Gasteiger partial charge in [0.05, 0.1) is 37.3 Å². The molecule has 1 aliphatic heterocycles. The molecule has 0 bridgehead atoms. The summed E-state index contributed by atoms with van der Waals surface area (Å²) >= 11 is 5.62. The number of furan rings is 1. The molecule has 0 saturated carbocycles. The Morgan fingerprint density at radius 1 is 1.43 bits per heavy atom. The van der Waals surface area contributed by atoms with E-state index in [9.17, 15) is 13.2 Å². The van der Waals surface area contributed by atoms with Crippen molar-refractivity contribution in [2.75, 3.05) is 12.8 Å². The number of hydrogen-bond donors (Lipinski definition) is 1. The van der Waals surface area contributed by atoms with E-state index in [0.717, 1.165) is 5.69 Å². The van der Waals surface area contributed by atoms with E-state index in [2.05, 4.69) is 10.4 Å². The van der Waals surface area contributed by atoms with Crippen LogP contribution >= 0.6 is 11.6 Å². The van der Waals surface area contributed by atoms with Gasteiger partial charge < -0.3 is 9.73 Å². The summed E-state index contributed by atoms with van der Waals surface area (Å²) in [5.74, 6) is -0.261. The average molecular weight is 359 g/mol. The molecule has 1 amide bonds. The summed E-state index contributed by atoms with van der Waals surface area (Å²) < 4.78 is 31.4. The second kappa shape index (κ2) is 5.99. The van der Waals surface area contributed by atoms with Gasteiger partial charge in [0.1, 0.15) is 0 Å². The maximum Gasteiger partial charge on any atom is 0.287 e. The van der Waals surface area contributed by atoms with Crippen LogP contribution in [0.3, 0.4) is 0 Å². The fourth-order valence-electron chi connectivity index (χ4n) is 2.37. The van der Waals surface area contributed by atoms with E-state index < -0.39 is 10.0 Å². The molecule has 1 aliphatic rings. The molecule has 0 aromatic carbocycles. The quantitative estimate of drug-likeness (QED) is 0.873. The first-order valence-corrected chi connectivity index (χ1v) is 9.10. The van der Waals surface area contributed by atoms with Crippen LogP contribution in [-0.2, 0) is 29.7 Å². The van der Waals surface area contributed by atoms with Crippen molar-refractivity contribution in [1.29, 1.82) is 0 Å². The monoisotopic (exact) mass is 358 g/mol. The van der Waals surface area contributed by atoms with Crippen LogP contribution in [0.2, 0.25) is 5.22 Å². The smallest absolute Gasteiger partial charge is 0.287 e. The van der Waals surface area contributed by atoms with Gasteiger partial charge in [-0.25, -0.2) is 8.42 Å². The van der Waals surface area contributed by atoms with E-state index >= 15 is 0 Å². The molecular formula is C13H15ClN4O4S. The van der Waals surface area contributed by atoms with Gasteiger partial charge >= 0.3 is 0 Å².